The molecule has 2 unspecified atom stereocenters. The van der Waals surface area contributed by atoms with Crippen LogP contribution in [0.4, 0.5) is 0 Å². The number of amides is 1. The molecule has 2 aromatic carbocycles. The van der Waals surface area contributed by atoms with Gasteiger partial charge in [0.05, 0.1) is 18.2 Å². The number of carbonyl (C=O) groups excluding carboxylic acids is 2. The Bertz CT molecular complexity index is 1140. The summed E-state index contributed by atoms with van der Waals surface area (Å²) in [5, 5.41) is 11.4. The summed E-state index contributed by atoms with van der Waals surface area (Å²) in [6.07, 6.45) is 3.53. The average molecular weight is 493 g/mol. The minimum atomic E-state index is -0.666. The number of ether oxygens (including phenoxy) is 2. The lowest BCUT2D eigenvalue weighted by Crippen LogP contribution is -2.32. The van der Waals surface area contributed by atoms with E-state index in [1.807, 2.05) is 62.3 Å². The number of unbranched alkanes of at least 4 members (excludes halogenated alkanes) is 1. The Morgan fingerprint density at radius 2 is 1.89 bits per heavy atom. The molecule has 1 fully saturated rings. The first-order chi connectivity index (χ1) is 17.3. The van der Waals surface area contributed by atoms with Crippen molar-refractivity contribution in [3.63, 3.8) is 0 Å². The van der Waals surface area contributed by atoms with Crippen LogP contribution in [0.1, 0.15) is 55.8 Å². The van der Waals surface area contributed by atoms with Gasteiger partial charge in [-0.15, -0.1) is 0 Å². The molecule has 1 N–H and O–H groups in total. The fourth-order valence-electron chi connectivity index (χ4n) is 4.82. The van der Waals surface area contributed by atoms with Crippen LogP contribution in [0.3, 0.4) is 0 Å². The Balaban J connectivity index is 1.71. The molecule has 2 heterocycles. The Hall–Kier alpha value is -3.32. The molecular weight excluding hydrogens is 456 g/mol. The van der Waals surface area contributed by atoms with Gasteiger partial charge in [-0.2, -0.15) is 0 Å². The van der Waals surface area contributed by atoms with E-state index < -0.39 is 17.7 Å². The lowest BCUT2D eigenvalue weighted by Gasteiger charge is -2.26. The van der Waals surface area contributed by atoms with Crippen LogP contribution < -0.4 is 9.47 Å². The standard InChI is InChI=1S/C29H36N2O5/c1-5-6-16-35-23-11-8-20(9-12-23)26-25(28(33)29(34)31(26)15-7-14-30(3)4)27(32)21-10-13-24-22(18-21)17-19(2)36-24/h8-13,18-19,26,32H,5-7,14-17H2,1-4H3/b27-25-. The first-order valence-corrected chi connectivity index (χ1v) is 12.8. The fraction of sp³-hybridized carbons (Fsp3) is 0.448. The van der Waals surface area contributed by atoms with Crippen LogP contribution in [-0.2, 0) is 16.0 Å². The van der Waals surface area contributed by atoms with Crippen LogP contribution in [-0.4, -0.2) is 66.5 Å². The normalized spacial score (nSPS) is 20.6. The number of hydrogen-bond acceptors (Lipinski definition) is 6. The third kappa shape index (κ3) is 5.41. The highest BCUT2D eigenvalue weighted by Crippen LogP contribution is 2.41. The highest BCUT2D eigenvalue weighted by molar-refractivity contribution is 6.46. The van der Waals surface area contributed by atoms with Crippen molar-refractivity contribution in [1.29, 1.82) is 0 Å². The Morgan fingerprint density at radius 3 is 2.58 bits per heavy atom. The van der Waals surface area contributed by atoms with E-state index in [0.717, 1.165) is 48.4 Å². The Kier molecular flexibility index (Phi) is 7.99. The van der Waals surface area contributed by atoms with E-state index >= 15 is 0 Å². The zero-order valence-corrected chi connectivity index (χ0v) is 21.6. The van der Waals surface area contributed by atoms with Crippen LogP contribution >= 0.6 is 0 Å². The highest BCUT2D eigenvalue weighted by Gasteiger charge is 2.45. The molecule has 4 rings (SSSR count). The molecule has 0 aromatic heterocycles. The van der Waals surface area contributed by atoms with Crippen LogP contribution in [0.2, 0.25) is 0 Å². The van der Waals surface area contributed by atoms with E-state index in [-0.39, 0.29) is 17.4 Å². The molecule has 0 radical (unpaired) electrons. The number of likely N-dealkylation sites (tertiary alicyclic amines) is 1. The summed E-state index contributed by atoms with van der Waals surface area (Å²) < 4.78 is 11.6. The van der Waals surface area contributed by atoms with E-state index in [1.165, 1.54) is 0 Å². The van der Waals surface area contributed by atoms with Gasteiger partial charge in [-0.25, -0.2) is 0 Å². The van der Waals surface area contributed by atoms with Crippen molar-refractivity contribution in [2.24, 2.45) is 0 Å². The number of Topliss-reactive ketones (excluding diaryl/α,β-unsaturated/α-hetero) is 1. The maximum Gasteiger partial charge on any atom is 0.295 e. The molecule has 1 amide bonds. The number of fused-ring (bicyclic) bond motifs is 1. The maximum atomic E-state index is 13.3. The highest BCUT2D eigenvalue weighted by atomic mass is 16.5. The average Bonchev–Trinajstić information content (AvgIpc) is 3.35. The molecule has 36 heavy (non-hydrogen) atoms. The molecular formula is C29H36N2O5. The van der Waals surface area contributed by atoms with Gasteiger partial charge in [0.25, 0.3) is 11.7 Å². The fourth-order valence-corrected chi connectivity index (χ4v) is 4.82. The van der Waals surface area contributed by atoms with Crippen molar-refractivity contribution in [3.8, 4) is 11.5 Å². The molecule has 0 spiro atoms. The summed E-state index contributed by atoms with van der Waals surface area (Å²) in [7, 11) is 3.95. The number of carbonyl (C=O) groups is 2. The molecule has 1 saturated heterocycles. The quantitative estimate of drug-likeness (QED) is 0.227. The van der Waals surface area contributed by atoms with Gasteiger partial charge in [0.1, 0.15) is 23.4 Å². The largest absolute Gasteiger partial charge is 0.507 e. The predicted molar refractivity (Wildman–Crippen MR) is 139 cm³/mol. The maximum absolute atomic E-state index is 13.3. The number of hydrogen-bond donors (Lipinski definition) is 1. The van der Waals surface area contributed by atoms with Gasteiger partial charge in [0, 0.05) is 18.5 Å². The van der Waals surface area contributed by atoms with Crippen molar-refractivity contribution in [2.45, 2.75) is 51.7 Å². The first kappa shape index (κ1) is 25.8. The molecule has 0 aliphatic carbocycles. The number of aliphatic hydroxyl groups excluding tert-OH is 1. The number of ketones is 1. The summed E-state index contributed by atoms with van der Waals surface area (Å²) in [6, 6.07) is 12.2. The van der Waals surface area contributed by atoms with Crippen LogP contribution in [0, 0.1) is 0 Å². The predicted octanol–water partition coefficient (Wildman–Crippen LogP) is 4.56. The summed E-state index contributed by atoms with van der Waals surface area (Å²) in [4.78, 5) is 30.1. The Labute approximate surface area is 213 Å². The lowest BCUT2D eigenvalue weighted by molar-refractivity contribution is -0.139. The van der Waals surface area contributed by atoms with E-state index in [0.29, 0.717) is 25.1 Å². The van der Waals surface area contributed by atoms with Crippen LogP contribution in [0.25, 0.3) is 5.76 Å². The summed E-state index contributed by atoms with van der Waals surface area (Å²) in [5.41, 5.74) is 2.39. The van der Waals surface area contributed by atoms with E-state index in [2.05, 4.69) is 6.92 Å². The van der Waals surface area contributed by atoms with Gasteiger partial charge >= 0.3 is 0 Å². The number of benzene rings is 2. The zero-order valence-electron chi connectivity index (χ0n) is 21.6. The second-order valence-corrected chi connectivity index (χ2v) is 9.88. The summed E-state index contributed by atoms with van der Waals surface area (Å²) in [5.74, 6) is 0.138. The third-order valence-electron chi connectivity index (χ3n) is 6.68. The van der Waals surface area contributed by atoms with Crippen molar-refractivity contribution < 1.29 is 24.2 Å². The first-order valence-electron chi connectivity index (χ1n) is 12.8. The van der Waals surface area contributed by atoms with Gasteiger partial charge in [-0.05, 0) is 81.9 Å². The van der Waals surface area contributed by atoms with Crippen molar-refractivity contribution in [2.75, 3.05) is 33.8 Å². The third-order valence-corrected chi connectivity index (χ3v) is 6.68. The molecule has 7 heteroatoms. The van der Waals surface area contributed by atoms with Gasteiger partial charge in [0.15, 0.2) is 0 Å². The molecule has 7 nitrogen and oxygen atoms in total. The molecule has 2 aliphatic heterocycles. The number of nitrogens with zero attached hydrogens (tertiary/aromatic N) is 2. The van der Waals surface area contributed by atoms with Crippen molar-refractivity contribution in [3.05, 3.63) is 64.7 Å². The molecule has 2 atom stereocenters. The monoisotopic (exact) mass is 492 g/mol. The lowest BCUT2D eigenvalue weighted by atomic mass is 9.94. The van der Waals surface area contributed by atoms with Crippen molar-refractivity contribution in [1.82, 2.24) is 9.80 Å². The van der Waals surface area contributed by atoms with E-state index in [4.69, 9.17) is 9.47 Å². The SMILES string of the molecule is CCCCOc1ccc(C2/C(=C(/O)c3ccc4c(c3)CC(C)O4)C(=O)C(=O)N2CCCN(C)C)cc1. The summed E-state index contributed by atoms with van der Waals surface area (Å²) in [6.45, 7) is 5.94. The molecule has 2 aliphatic rings. The Morgan fingerprint density at radius 1 is 1.14 bits per heavy atom. The van der Waals surface area contributed by atoms with Gasteiger partial charge < -0.3 is 24.4 Å². The molecule has 192 valence electrons. The van der Waals surface area contributed by atoms with Gasteiger partial charge in [-0.1, -0.05) is 25.5 Å². The number of rotatable bonds is 10. The smallest absolute Gasteiger partial charge is 0.295 e. The van der Waals surface area contributed by atoms with E-state index in [9.17, 15) is 14.7 Å². The van der Waals surface area contributed by atoms with E-state index in [1.54, 1.807) is 11.0 Å². The van der Waals surface area contributed by atoms with Gasteiger partial charge in [0.2, 0.25) is 0 Å². The van der Waals surface area contributed by atoms with Gasteiger partial charge in [-0.3, -0.25) is 9.59 Å². The topological polar surface area (TPSA) is 79.3 Å². The second kappa shape index (κ2) is 11.2. The molecule has 2 aromatic rings. The van der Waals surface area contributed by atoms with Crippen LogP contribution in [0.5, 0.6) is 11.5 Å². The van der Waals surface area contributed by atoms with Crippen LogP contribution in [0.15, 0.2) is 48.0 Å². The molecule has 0 bridgehead atoms. The number of aliphatic hydroxyl groups is 1. The second-order valence-electron chi connectivity index (χ2n) is 9.88. The minimum Gasteiger partial charge on any atom is -0.507 e. The zero-order chi connectivity index (χ0) is 25.8. The summed E-state index contributed by atoms with van der Waals surface area (Å²) >= 11 is 0. The van der Waals surface area contributed by atoms with Crippen molar-refractivity contribution >= 4 is 17.4 Å². The minimum absolute atomic E-state index is 0.0673. The molecule has 0 saturated carbocycles.